The molecule has 1 aliphatic heterocycles. The van der Waals surface area contributed by atoms with Crippen LogP contribution in [0, 0.1) is 0 Å². The van der Waals surface area contributed by atoms with E-state index in [2.05, 4.69) is 9.89 Å². The van der Waals surface area contributed by atoms with Crippen LogP contribution < -0.4 is 24.5 Å². The van der Waals surface area contributed by atoms with Gasteiger partial charge in [-0.3, -0.25) is 9.36 Å². The number of halogens is 1. The Labute approximate surface area is 165 Å². The molecule has 0 amide bonds. The topological polar surface area (TPSA) is 46.8 Å². The van der Waals surface area contributed by atoms with Gasteiger partial charge in [-0.1, -0.05) is 35.1 Å². The normalized spacial score (nSPS) is 14.0. The van der Waals surface area contributed by atoms with Gasteiger partial charge in [0.25, 0.3) is 5.56 Å². The highest BCUT2D eigenvalue weighted by Crippen LogP contribution is 2.20. The summed E-state index contributed by atoms with van der Waals surface area (Å²) in [5, 5.41) is 0.650. The van der Waals surface area contributed by atoms with Gasteiger partial charge in [0.2, 0.25) is 0 Å². The van der Waals surface area contributed by atoms with Crippen molar-refractivity contribution in [3.05, 3.63) is 78.8 Å². The molecule has 0 fully saturated rings. The first-order chi connectivity index (χ1) is 13.1. The molecule has 2 heterocycles. The molecule has 0 saturated heterocycles. The first-order valence-electron chi connectivity index (χ1n) is 8.63. The standard InChI is InChI=1S/C20H18ClN3O2S/c1-2-26-17-8-6-16(7-9-17)23-12-22-20-24(13-23)19(25)18(27-20)11-14-4-3-5-15(21)10-14/h3-11H,2,12-13H2,1H3/b18-11-. The predicted octanol–water partition coefficient (Wildman–Crippen LogP) is 2.85. The molecular weight excluding hydrogens is 382 g/mol. The molecular formula is C20H18ClN3O2S. The summed E-state index contributed by atoms with van der Waals surface area (Å²) in [6.07, 6.45) is 1.86. The van der Waals surface area contributed by atoms with Gasteiger partial charge in [0, 0.05) is 10.7 Å². The van der Waals surface area contributed by atoms with Crippen LogP contribution in [0.25, 0.3) is 6.08 Å². The maximum Gasteiger partial charge on any atom is 0.271 e. The van der Waals surface area contributed by atoms with E-state index in [4.69, 9.17) is 16.3 Å². The lowest BCUT2D eigenvalue weighted by molar-refractivity contribution is 0.340. The molecule has 0 bridgehead atoms. The van der Waals surface area contributed by atoms with Crippen LogP contribution in [0.3, 0.4) is 0 Å². The van der Waals surface area contributed by atoms with Crippen molar-refractivity contribution in [2.75, 3.05) is 18.2 Å². The second-order valence-corrected chi connectivity index (χ2v) is 7.53. The SMILES string of the molecule is CCOc1ccc(N2CN=c3s/c(=C\c4cccc(Cl)c4)c(=O)n3C2)cc1. The van der Waals surface area contributed by atoms with Gasteiger partial charge in [-0.15, -0.1) is 0 Å². The summed E-state index contributed by atoms with van der Waals surface area (Å²) < 4.78 is 7.85. The number of hydrogen-bond donors (Lipinski definition) is 0. The molecule has 138 valence electrons. The van der Waals surface area contributed by atoms with Crippen molar-refractivity contribution >= 4 is 34.7 Å². The van der Waals surface area contributed by atoms with Crippen molar-refractivity contribution in [1.29, 1.82) is 0 Å². The van der Waals surface area contributed by atoms with Gasteiger partial charge in [-0.05, 0) is 55.0 Å². The Bertz CT molecular complexity index is 1140. The Balaban J connectivity index is 1.64. The fourth-order valence-corrected chi connectivity index (χ4v) is 4.10. The molecule has 7 heteroatoms. The quantitative estimate of drug-likeness (QED) is 0.677. The molecule has 1 aliphatic rings. The van der Waals surface area contributed by atoms with Crippen LogP contribution in [0.5, 0.6) is 5.75 Å². The van der Waals surface area contributed by atoms with E-state index in [1.165, 1.54) is 11.3 Å². The Morgan fingerprint density at radius 3 is 2.81 bits per heavy atom. The zero-order chi connectivity index (χ0) is 18.8. The van der Waals surface area contributed by atoms with Crippen molar-refractivity contribution in [3.8, 4) is 5.75 Å². The van der Waals surface area contributed by atoms with Crippen molar-refractivity contribution < 1.29 is 4.74 Å². The molecule has 3 aromatic rings. The third-order valence-corrected chi connectivity index (χ3v) is 5.52. The summed E-state index contributed by atoms with van der Waals surface area (Å²) in [7, 11) is 0. The minimum atomic E-state index is -0.0330. The van der Waals surface area contributed by atoms with Crippen LogP contribution in [0.1, 0.15) is 12.5 Å². The van der Waals surface area contributed by atoms with Gasteiger partial charge in [0.15, 0.2) is 4.80 Å². The Morgan fingerprint density at radius 2 is 2.07 bits per heavy atom. The molecule has 0 unspecified atom stereocenters. The zero-order valence-electron chi connectivity index (χ0n) is 14.8. The molecule has 27 heavy (non-hydrogen) atoms. The van der Waals surface area contributed by atoms with Crippen LogP contribution in [-0.4, -0.2) is 17.8 Å². The van der Waals surface area contributed by atoms with Gasteiger partial charge in [0.1, 0.15) is 19.1 Å². The largest absolute Gasteiger partial charge is 0.494 e. The lowest BCUT2D eigenvalue weighted by atomic mass is 10.2. The number of aromatic nitrogens is 1. The number of thiazole rings is 1. The van der Waals surface area contributed by atoms with Crippen LogP contribution in [0.4, 0.5) is 5.69 Å². The molecule has 0 atom stereocenters. The van der Waals surface area contributed by atoms with E-state index in [0.29, 0.717) is 29.5 Å². The number of hydrogen-bond acceptors (Lipinski definition) is 5. The summed E-state index contributed by atoms with van der Waals surface area (Å²) >= 11 is 7.44. The minimum Gasteiger partial charge on any atom is -0.494 e. The molecule has 5 nitrogen and oxygen atoms in total. The summed E-state index contributed by atoms with van der Waals surface area (Å²) in [6, 6.07) is 15.3. The lowest BCUT2D eigenvalue weighted by Crippen LogP contribution is -2.42. The number of fused-ring (bicyclic) bond motifs is 1. The second-order valence-electron chi connectivity index (χ2n) is 6.09. The number of rotatable bonds is 4. The first kappa shape index (κ1) is 17.8. The molecule has 0 N–H and O–H groups in total. The number of benzene rings is 2. The maximum absolute atomic E-state index is 12.8. The van der Waals surface area contributed by atoms with Gasteiger partial charge >= 0.3 is 0 Å². The van der Waals surface area contributed by atoms with E-state index in [9.17, 15) is 4.79 Å². The smallest absolute Gasteiger partial charge is 0.271 e. The molecule has 0 spiro atoms. The highest BCUT2D eigenvalue weighted by molar-refractivity contribution is 7.07. The first-order valence-corrected chi connectivity index (χ1v) is 9.83. The Kier molecular flexibility index (Phi) is 5.01. The van der Waals surface area contributed by atoms with Crippen LogP contribution in [-0.2, 0) is 6.67 Å². The van der Waals surface area contributed by atoms with Gasteiger partial charge in [-0.2, -0.15) is 0 Å². The maximum atomic E-state index is 12.8. The van der Waals surface area contributed by atoms with Crippen LogP contribution >= 0.6 is 22.9 Å². The summed E-state index contributed by atoms with van der Waals surface area (Å²) in [4.78, 5) is 20.2. The third-order valence-electron chi connectivity index (χ3n) is 4.24. The predicted molar refractivity (Wildman–Crippen MR) is 109 cm³/mol. The lowest BCUT2D eigenvalue weighted by Gasteiger charge is -2.25. The zero-order valence-corrected chi connectivity index (χ0v) is 16.3. The van der Waals surface area contributed by atoms with Crippen LogP contribution in [0.15, 0.2) is 58.3 Å². The van der Waals surface area contributed by atoms with Crippen molar-refractivity contribution in [2.45, 2.75) is 13.6 Å². The van der Waals surface area contributed by atoms with Crippen molar-refractivity contribution in [1.82, 2.24) is 4.57 Å². The summed E-state index contributed by atoms with van der Waals surface area (Å²) in [5.41, 5.74) is 1.88. The number of ether oxygens (including phenoxy) is 1. The monoisotopic (exact) mass is 399 g/mol. The van der Waals surface area contributed by atoms with Crippen molar-refractivity contribution in [3.63, 3.8) is 0 Å². The molecule has 2 aromatic carbocycles. The van der Waals surface area contributed by atoms with Crippen molar-refractivity contribution in [2.24, 2.45) is 4.99 Å². The summed E-state index contributed by atoms with van der Waals surface area (Å²) in [6.45, 7) is 3.59. The Hall–Kier alpha value is -2.57. The van der Waals surface area contributed by atoms with E-state index in [1.54, 1.807) is 4.57 Å². The fourth-order valence-electron chi connectivity index (χ4n) is 2.94. The Morgan fingerprint density at radius 1 is 1.26 bits per heavy atom. The third kappa shape index (κ3) is 3.77. The average molecular weight is 400 g/mol. The fraction of sp³-hybridized carbons (Fsp3) is 0.200. The molecule has 0 aliphatic carbocycles. The van der Waals surface area contributed by atoms with E-state index < -0.39 is 0 Å². The van der Waals surface area contributed by atoms with E-state index in [-0.39, 0.29) is 5.56 Å². The molecule has 0 saturated carbocycles. The molecule has 4 rings (SSSR count). The minimum absolute atomic E-state index is 0.0330. The summed E-state index contributed by atoms with van der Waals surface area (Å²) in [5.74, 6) is 0.835. The van der Waals surface area contributed by atoms with E-state index in [0.717, 1.165) is 21.8 Å². The van der Waals surface area contributed by atoms with E-state index in [1.807, 2.05) is 61.5 Å². The average Bonchev–Trinajstić information content (AvgIpc) is 2.98. The van der Waals surface area contributed by atoms with Gasteiger partial charge < -0.3 is 9.64 Å². The highest BCUT2D eigenvalue weighted by atomic mass is 35.5. The molecule has 0 radical (unpaired) electrons. The number of anilines is 1. The highest BCUT2D eigenvalue weighted by Gasteiger charge is 2.16. The number of nitrogens with zero attached hydrogens (tertiary/aromatic N) is 3. The van der Waals surface area contributed by atoms with Gasteiger partial charge in [0.05, 0.1) is 11.1 Å². The second kappa shape index (κ2) is 7.58. The van der Waals surface area contributed by atoms with Gasteiger partial charge in [-0.25, -0.2) is 4.99 Å². The van der Waals surface area contributed by atoms with Crippen LogP contribution in [0.2, 0.25) is 5.02 Å². The van der Waals surface area contributed by atoms with E-state index >= 15 is 0 Å². The molecule has 1 aromatic heterocycles.